The van der Waals surface area contributed by atoms with E-state index in [9.17, 15) is 4.79 Å². The number of hydrogen-bond acceptors (Lipinski definition) is 5. The van der Waals surface area contributed by atoms with Gasteiger partial charge in [-0.15, -0.1) is 0 Å². The molecule has 1 aliphatic rings. The monoisotopic (exact) mass is 344 g/mol. The van der Waals surface area contributed by atoms with Crippen LogP contribution in [-0.2, 0) is 11.8 Å². The molecule has 3 rings (SSSR count). The number of imidazole rings is 1. The lowest BCUT2D eigenvalue weighted by molar-refractivity contribution is -0.137. The Hall–Kier alpha value is -2.54. The highest BCUT2D eigenvalue weighted by atomic mass is 16.5. The highest BCUT2D eigenvalue weighted by Crippen LogP contribution is 2.27. The molecule has 1 atom stereocenters. The summed E-state index contributed by atoms with van der Waals surface area (Å²) in [6.45, 7) is 4.53. The van der Waals surface area contributed by atoms with Gasteiger partial charge in [0.15, 0.2) is 18.1 Å². The lowest BCUT2D eigenvalue weighted by atomic mass is 10.1. The number of aryl methyl sites for hydroxylation is 1. The van der Waals surface area contributed by atoms with E-state index in [4.69, 9.17) is 9.47 Å². The van der Waals surface area contributed by atoms with Crippen molar-refractivity contribution in [1.82, 2.24) is 19.8 Å². The van der Waals surface area contributed by atoms with Crippen molar-refractivity contribution < 1.29 is 14.3 Å². The summed E-state index contributed by atoms with van der Waals surface area (Å²) in [5, 5.41) is 3.33. The van der Waals surface area contributed by atoms with Crippen molar-refractivity contribution >= 4 is 5.91 Å². The minimum absolute atomic E-state index is 0.0228. The molecule has 25 heavy (non-hydrogen) atoms. The maximum atomic E-state index is 12.8. The fourth-order valence-electron chi connectivity index (χ4n) is 3.00. The van der Waals surface area contributed by atoms with Gasteiger partial charge in [0.2, 0.25) is 0 Å². The van der Waals surface area contributed by atoms with Gasteiger partial charge in [0, 0.05) is 39.1 Å². The molecule has 0 radical (unpaired) electrons. The third kappa shape index (κ3) is 3.93. The summed E-state index contributed by atoms with van der Waals surface area (Å²) >= 11 is 0. The smallest absolute Gasteiger partial charge is 0.261 e. The van der Waals surface area contributed by atoms with Crippen LogP contribution in [0.4, 0.5) is 0 Å². The topological polar surface area (TPSA) is 68.6 Å². The van der Waals surface area contributed by atoms with Gasteiger partial charge in [0.05, 0.1) is 6.61 Å². The number of piperazine rings is 1. The fraction of sp³-hybridized carbons (Fsp3) is 0.444. The average molecular weight is 344 g/mol. The summed E-state index contributed by atoms with van der Waals surface area (Å²) in [7, 11) is 1.94. The van der Waals surface area contributed by atoms with E-state index in [1.54, 1.807) is 6.20 Å². The van der Waals surface area contributed by atoms with Crippen LogP contribution in [0.2, 0.25) is 0 Å². The number of nitrogens with zero attached hydrogens (tertiary/aromatic N) is 3. The maximum absolute atomic E-state index is 12.8. The molecule has 1 aromatic carbocycles. The molecular weight excluding hydrogens is 320 g/mol. The molecule has 1 aromatic heterocycles. The number of carbonyl (C=O) groups excluding carboxylic acids is 1. The summed E-state index contributed by atoms with van der Waals surface area (Å²) in [5.41, 5.74) is 0. The minimum atomic E-state index is -0.0908. The van der Waals surface area contributed by atoms with E-state index in [1.807, 2.05) is 53.9 Å². The zero-order valence-corrected chi connectivity index (χ0v) is 14.6. The van der Waals surface area contributed by atoms with E-state index in [0.717, 1.165) is 12.4 Å². The number of ether oxygens (including phenoxy) is 2. The first-order chi connectivity index (χ1) is 12.2. The largest absolute Gasteiger partial charge is 0.490 e. The molecule has 1 aliphatic heterocycles. The second-order valence-electron chi connectivity index (χ2n) is 5.87. The van der Waals surface area contributed by atoms with Crippen LogP contribution in [0, 0.1) is 0 Å². The molecular formula is C18H24N4O3. The van der Waals surface area contributed by atoms with Crippen molar-refractivity contribution in [2.45, 2.75) is 13.0 Å². The maximum Gasteiger partial charge on any atom is 0.261 e. The molecule has 1 amide bonds. The molecule has 1 N–H and O–H groups in total. The fourth-order valence-corrected chi connectivity index (χ4v) is 3.00. The summed E-state index contributed by atoms with van der Waals surface area (Å²) in [6.07, 6.45) is 3.64. The Labute approximate surface area is 147 Å². The first-order valence-corrected chi connectivity index (χ1v) is 8.52. The molecule has 2 heterocycles. The molecule has 1 unspecified atom stereocenters. The molecule has 2 aromatic rings. The van der Waals surface area contributed by atoms with Crippen molar-refractivity contribution in [1.29, 1.82) is 0 Å². The number of aromatic nitrogens is 2. The van der Waals surface area contributed by atoms with Gasteiger partial charge in [0.25, 0.3) is 5.91 Å². The Morgan fingerprint density at radius 3 is 2.76 bits per heavy atom. The van der Waals surface area contributed by atoms with Gasteiger partial charge in [-0.1, -0.05) is 12.1 Å². The van der Waals surface area contributed by atoms with Crippen LogP contribution in [0.5, 0.6) is 11.5 Å². The number of para-hydroxylation sites is 2. The number of hydrogen-bond donors (Lipinski definition) is 1. The third-order valence-electron chi connectivity index (χ3n) is 4.22. The summed E-state index contributed by atoms with van der Waals surface area (Å²) in [4.78, 5) is 19.0. The molecule has 0 saturated carbocycles. The number of rotatable bonds is 6. The number of nitrogens with one attached hydrogen (secondary N) is 1. The number of amides is 1. The molecule has 0 aliphatic carbocycles. The van der Waals surface area contributed by atoms with Gasteiger partial charge in [-0.05, 0) is 19.1 Å². The normalized spacial score (nSPS) is 17.4. The van der Waals surface area contributed by atoms with Gasteiger partial charge in [-0.25, -0.2) is 4.98 Å². The zero-order chi connectivity index (χ0) is 17.6. The van der Waals surface area contributed by atoms with E-state index in [0.29, 0.717) is 31.2 Å². The Balaban J connectivity index is 1.68. The molecule has 7 nitrogen and oxygen atoms in total. The summed E-state index contributed by atoms with van der Waals surface area (Å²) in [5.74, 6) is 2.05. The van der Waals surface area contributed by atoms with Crippen LogP contribution >= 0.6 is 0 Å². The molecule has 1 fully saturated rings. The van der Waals surface area contributed by atoms with Crippen LogP contribution in [0.3, 0.4) is 0 Å². The van der Waals surface area contributed by atoms with Gasteiger partial charge in [-0.3, -0.25) is 4.79 Å². The highest BCUT2D eigenvalue weighted by molar-refractivity contribution is 5.78. The van der Waals surface area contributed by atoms with Crippen LogP contribution in [-0.4, -0.2) is 53.2 Å². The van der Waals surface area contributed by atoms with Gasteiger partial charge >= 0.3 is 0 Å². The van der Waals surface area contributed by atoms with Crippen molar-refractivity contribution in [3.8, 4) is 11.5 Å². The zero-order valence-electron chi connectivity index (χ0n) is 14.6. The first kappa shape index (κ1) is 17.3. The SMILES string of the molecule is CCOc1ccccc1OCC(=O)N1CCNCC1c1nccn1C. The third-order valence-corrected chi connectivity index (χ3v) is 4.22. The van der Waals surface area contributed by atoms with Crippen molar-refractivity contribution in [2.24, 2.45) is 7.05 Å². The predicted octanol–water partition coefficient (Wildman–Crippen LogP) is 1.37. The molecule has 1 saturated heterocycles. The van der Waals surface area contributed by atoms with E-state index in [2.05, 4.69) is 10.3 Å². The molecule has 7 heteroatoms. The lowest BCUT2D eigenvalue weighted by Crippen LogP contribution is -2.50. The Morgan fingerprint density at radius 2 is 2.08 bits per heavy atom. The molecule has 134 valence electrons. The van der Waals surface area contributed by atoms with Crippen LogP contribution in [0.15, 0.2) is 36.7 Å². The van der Waals surface area contributed by atoms with Gasteiger partial charge < -0.3 is 24.3 Å². The Bertz CT molecular complexity index is 716. The lowest BCUT2D eigenvalue weighted by Gasteiger charge is -2.35. The molecule has 0 bridgehead atoms. The Morgan fingerprint density at radius 1 is 1.32 bits per heavy atom. The van der Waals surface area contributed by atoms with Crippen LogP contribution < -0.4 is 14.8 Å². The van der Waals surface area contributed by atoms with Crippen LogP contribution in [0.25, 0.3) is 0 Å². The van der Waals surface area contributed by atoms with Gasteiger partial charge in [-0.2, -0.15) is 0 Å². The van der Waals surface area contributed by atoms with E-state index in [1.165, 1.54) is 0 Å². The van der Waals surface area contributed by atoms with E-state index < -0.39 is 0 Å². The first-order valence-electron chi connectivity index (χ1n) is 8.52. The Kier molecular flexibility index (Phi) is 5.55. The quantitative estimate of drug-likeness (QED) is 0.857. The van der Waals surface area contributed by atoms with Crippen molar-refractivity contribution in [2.75, 3.05) is 32.8 Å². The minimum Gasteiger partial charge on any atom is -0.490 e. The van der Waals surface area contributed by atoms with Crippen molar-refractivity contribution in [3.63, 3.8) is 0 Å². The second-order valence-corrected chi connectivity index (χ2v) is 5.87. The van der Waals surface area contributed by atoms with E-state index >= 15 is 0 Å². The van der Waals surface area contributed by atoms with Crippen molar-refractivity contribution in [3.05, 3.63) is 42.5 Å². The number of benzene rings is 1. The van der Waals surface area contributed by atoms with Crippen LogP contribution in [0.1, 0.15) is 18.8 Å². The highest BCUT2D eigenvalue weighted by Gasteiger charge is 2.30. The summed E-state index contributed by atoms with van der Waals surface area (Å²) in [6, 6.07) is 7.31. The average Bonchev–Trinajstić information content (AvgIpc) is 3.07. The standard InChI is InChI=1S/C18H24N4O3/c1-3-24-15-6-4-5-7-16(15)25-13-17(23)22-11-8-19-12-14(22)18-20-9-10-21(18)2/h4-7,9-10,14,19H,3,8,11-13H2,1-2H3. The predicted molar refractivity (Wildman–Crippen MR) is 93.6 cm³/mol. The number of carbonyl (C=O) groups is 1. The summed E-state index contributed by atoms with van der Waals surface area (Å²) < 4.78 is 13.2. The second kappa shape index (κ2) is 8.02. The molecule has 0 spiro atoms. The van der Waals surface area contributed by atoms with Gasteiger partial charge in [0.1, 0.15) is 11.9 Å². The van der Waals surface area contributed by atoms with E-state index in [-0.39, 0.29) is 18.6 Å².